The number of anilines is 2. The van der Waals surface area contributed by atoms with Crippen LogP contribution in [0.4, 0.5) is 24.0 Å². The number of rotatable bonds is 5. The summed E-state index contributed by atoms with van der Waals surface area (Å²) < 4.78 is 40.8. The van der Waals surface area contributed by atoms with E-state index >= 15 is 0 Å². The molecule has 0 aliphatic carbocycles. The van der Waals surface area contributed by atoms with Crippen LogP contribution >= 0.6 is 11.3 Å². The van der Waals surface area contributed by atoms with Gasteiger partial charge in [0.15, 0.2) is 0 Å². The Labute approximate surface area is 170 Å². The van der Waals surface area contributed by atoms with Crippen LogP contribution in [0.1, 0.15) is 11.1 Å². The van der Waals surface area contributed by atoms with Gasteiger partial charge in [0.1, 0.15) is 17.9 Å². The predicted octanol–water partition coefficient (Wildman–Crippen LogP) is 2.96. The molecule has 27 heavy (non-hydrogen) atoms. The number of nitrogens with one attached hydrogen (secondary N) is 1. The summed E-state index contributed by atoms with van der Waals surface area (Å²) >= 11 is 1.45. The molecule has 0 saturated carbocycles. The molecule has 0 radical (unpaired) electrons. The number of nitrogens with zero attached hydrogens (tertiary/aromatic N) is 1. The maximum atomic E-state index is 12.9. The number of thiazole rings is 1. The van der Waals surface area contributed by atoms with Crippen molar-refractivity contribution in [2.75, 3.05) is 5.32 Å². The minimum Gasteiger partial charge on any atom is -1.00 e. The fourth-order valence-electron chi connectivity index (χ4n) is 2.60. The van der Waals surface area contributed by atoms with Crippen molar-refractivity contribution in [2.24, 2.45) is 0 Å². The van der Waals surface area contributed by atoms with Crippen molar-refractivity contribution in [1.82, 2.24) is 0 Å². The molecule has 0 bridgehead atoms. The van der Waals surface area contributed by atoms with Crippen molar-refractivity contribution in [1.29, 1.82) is 0 Å². The first-order valence-corrected chi connectivity index (χ1v) is 8.90. The van der Waals surface area contributed by atoms with Crippen molar-refractivity contribution < 1.29 is 34.7 Å². The number of hydrogen-bond donors (Lipinski definition) is 1. The summed E-state index contributed by atoms with van der Waals surface area (Å²) in [6.07, 6.45) is -2.60. The Kier molecular flexibility index (Phi) is 6.84. The highest BCUT2D eigenvalue weighted by Gasteiger charge is 2.31. The Hall–Kier alpha value is -2.12. The van der Waals surface area contributed by atoms with Gasteiger partial charge in [-0.2, -0.15) is 13.2 Å². The summed E-state index contributed by atoms with van der Waals surface area (Å²) in [5.74, 6) is 0. The highest BCUT2D eigenvalue weighted by atomic mass is 79.9. The van der Waals surface area contributed by atoms with Crippen molar-refractivity contribution >= 4 is 22.2 Å². The van der Waals surface area contributed by atoms with Crippen LogP contribution in [0.25, 0.3) is 11.3 Å². The van der Waals surface area contributed by atoms with Gasteiger partial charge in [-0.05, 0) is 25.1 Å². The topological polar surface area (TPSA) is 15.9 Å². The first kappa shape index (κ1) is 21.2. The SMILES string of the molecule is C=CC[n+]1c(-c2ccc(C)cc2)csc1Nc1cccc(C(F)(F)F)c1.[Br-]. The van der Waals surface area contributed by atoms with Gasteiger partial charge in [-0.15, -0.1) is 0 Å². The summed E-state index contributed by atoms with van der Waals surface area (Å²) in [6, 6.07) is 13.3. The monoisotopic (exact) mass is 454 g/mol. The second kappa shape index (κ2) is 8.71. The molecule has 3 rings (SSSR count). The molecule has 0 aliphatic rings. The molecule has 142 valence electrons. The Morgan fingerprint density at radius 3 is 2.48 bits per heavy atom. The van der Waals surface area contributed by atoms with E-state index in [-0.39, 0.29) is 17.0 Å². The number of allylic oxidation sites excluding steroid dienone is 1. The summed E-state index contributed by atoms with van der Waals surface area (Å²) in [6.45, 7) is 6.36. The highest BCUT2D eigenvalue weighted by molar-refractivity contribution is 7.13. The lowest BCUT2D eigenvalue weighted by atomic mass is 10.1. The van der Waals surface area contributed by atoms with Gasteiger partial charge in [-0.1, -0.05) is 59.9 Å². The molecule has 1 N–H and O–H groups in total. The fourth-order valence-corrected chi connectivity index (χ4v) is 3.56. The number of hydrogen-bond acceptors (Lipinski definition) is 2. The highest BCUT2D eigenvalue weighted by Crippen LogP contribution is 2.32. The van der Waals surface area contributed by atoms with Crippen LogP contribution in [0.15, 0.2) is 66.6 Å². The van der Waals surface area contributed by atoms with Gasteiger partial charge in [0, 0.05) is 10.9 Å². The molecule has 0 saturated heterocycles. The van der Waals surface area contributed by atoms with Crippen molar-refractivity contribution in [2.45, 2.75) is 19.6 Å². The lowest BCUT2D eigenvalue weighted by Crippen LogP contribution is -3.00. The van der Waals surface area contributed by atoms with Crippen LogP contribution in [0.2, 0.25) is 0 Å². The Morgan fingerprint density at radius 2 is 1.85 bits per heavy atom. The van der Waals surface area contributed by atoms with E-state index in [9.17, 15) is 13.2 Å². The molecule has 3 aromatic rings. The van der Waals surface area contributed by atoms with Crippen LogP contribution < -0.4 is 26.9 Å². The summed E-state index contributed by atoms with van der Waals surface area (Å²) in [5.41, 5.74) is 2.93. The van der Waals surface area contributed by atoms with Gasteiger partial charge < -0.3 is 17.0 Å². The minimum absolute atomic E-state index is 0. The van der Waals surface area contributed by atoms with Crippen LogP contribution in [-0.2, 0) is 12.7 Å². The first-order valence-electron chi connectivity index (χ1n) is 8.02. The van der Waals surface area contributed by atoms with E-state index in [1.165, 1.54) is 23.0 Å². The third kappa shape index (κ3) is 4.99. The van der Waals surface area contributed by atoms with E-state index in [2.05, 4.69) is 11.9 Å². The molecule has 2 aromatic carbocycles. The number of benzene rings is 2. The van der Waals surface area contributed by atoms with Gasteiger partial charge in [-0.3, -0.25) is 0 Å². The van der Waals surface area contributed by atoms with Gasteiger partial charge in [0.2, 0.25) is 0 Å². The van der Waals surface area contributed by atoms with Crippen LogP contribution in [0.5, 0.6) is 0 Å². The Morgan fingerprint density at radius 1 is 1.15 bits per heavy atom. The lowest BCUT2D eigenvalue weighted by molar-refractivity contribution is -0.657. The van der Waals surface area contributed by atoms with E-state index in [4.69, 9.17) is 0 Å². The van der Waals surface area contributed by atoms with E-state index in [1.54, 1.807) is 12.1 Å². The molecule has 1 heterocycles. The largest absolute Gasteiger partial charge is 1.00 e. The molecule has 0 unspecified atom stereocenters. The average molecular weight is 455 g/mol. The fraction of sp³-hybridized carbons (Fsp3) is 0.150. The van der Waals surface area contributed by atoms with E-state index < -0.39 is 11.7 Å². The molecular weight excluding hydrogens is 437 g/mol. The second-order valence-electron chi connectivity index (χ2n) is 5.89. The summed E-state index contributed by atoms with van der Waals surface area (Å²) in [4.78, 5) is 0. The Bertz CT molecular complexity index is 918. The third-order valence-electron chi connectivity index (χ3n) is 3.92. The second-order valence-corrected chi connectivity index (χ2v) is 6.75. The quantitative estimate of drug-likeness (QED) is 0.462. The average Bonchev–Trinajstić information content (AvgIpc) is 2.98. The smallest absolute Gasteiger partial charge is 0.416 e. The van der Waals surface area contributed by atoms with Crippen LogP contribution in [0.3, 0.4) is 0 Å². The van der Waals surface area contributed by atoms with Crippen molar-refractivity contribution in [3.63, 3.8) is 0 Å². The number of halogens is 4. The standard InChI is InChI=1S/C20H17F3N2S.BrH/c1-3-11-25-18(15-9-7-14(2)8-10-15)13-26-19(25)24-17-6-4-5-16(12-17)20(21,22)23;/h3-10,12-13H,1,11H2,2H3;1H. The lowest BCUT2D eigenvalue weighted by Gasteiger charge is -2.08. The maximum Gasteiger partial charge on any atom is 0.416 e. The molecule has 2 nitrogen and oxygen atoms in total. The molecule has 0 spiro atoms. The van der Waals surface area contributed by atoms with Gasteiger partial charge >= 0.3 is 11.3 Å². The van der Waals surface area contributed by atoms with Gasteiger partial charge in [-0.25, -0.2) is 9.88 Å². The number of alkyl halides is 3. The number of aryl methyl sites for hydroxylation is 1. The summed E-state index contributed by atoms with van der Waals surface area (Å²) in [7, 11) is 0. The zero-order chi connectivity index (χ0) is 18.7. The molecular formula is C20H18BrF3N2S. The van der Waals surface area contributed by atoms with Gasteiger partial charge in [0.25, 0.3) is 0 Å². The normalized spacial score (nSPS) is 11.0. The molecule has 0 atom stereocenters. The van der Waals surface area contributed by atoms with E-state index in [0.717, 1.165) is 28.5 Å². The molecule has 0 amide bonds. The molecule has 0 fully saturated rings. The molecule has 1 aromatic heterocycles. The van der Waals surface area contributed by atoms with Crippen molar-refractivity contribution in [3.8, 4) is 11.3 Å². The zero-order valence-electron chi connectivity index (χ0n) is 14.6. The third-order valence-corrected chi connectivity index (χ3v) is 4.81. The zero-order valence-corrected chi connectivity index (χ0v) is 17.0. The Balaban J connectivity index is 0.00000261. The van der Waals surface area contributed by atoms with Crippen LogP contribution in [0, 0.1) is 6.92 Å². The van der Waals surface area contributed by atoms with Gasteiger partial charge in [0.05, 0.1) is 5.56 Å². The predicted molar refractivity (Wildman–Crippen MR) is 99.6 cm³/mol. The first-order chi connectivity index (χ1) is 12.4. The van der Waals surface area contributed by atoms with E-state index in [0.29, 0.717) is 12.2 Å². The number of aromatic nitrogens is 1. The maximum absolute atomic E-state index is 12.9. The van der Waals surface area contributed by atoms with E-state index in [1.807, 2.05) is 41.1 Å². The molecule has 0 aliphatic heterocycles. The van der Waals surface area contributed by atoms with Crippen LogP contribution in [-0.4, -0.2) is 0 Å². The minimum atomic E-state index is -4.36. The van der Waals surface area contributed by atoms with Crippen molar-refractivity contribution in [3.05, 3.63) is 77.7 Å². The molecule has 7 heteroatoms. The summed E-state index contributed by atoms with van der Waals surface area (Å²) in [5, 5.41) is 5.85.